The SMILES string of the molecule is Cn1ccc2cccc(NC(=O)c3cc(NC(=O)[C@H]4[C@H](c5cc(Cl)cc(Cl)c5)C4(Cl)Cl)ccc3Cl)c21. The number of anilines is 2. The molecule has 0 saturated heterocycles. The number of carbonyl (C=O) groups is 2. The lowest BCUT2D eigenvalue weighted by atomic mass is 10.1. The Morgan fingerprint density at radius 3 is 2.36 bits per heavy atom. The molecule has 1 aliphatic carbocycles. The van der Waals surface area contributed by atoms with Gasteiger partial charge in [0.25, 0.3) is 5.91 Å². The Morgan fingerprint density at radius 2 is 1.64 bits per heavy atom. The van der Waals surface area contributed by atoms with Crippen molar-refractivity contribution in [2.45, 2.75) is 10.3 Å². The van der Waals surface area contributed by atoms with Crippen LogP contribution in [0.15, 0.2) is 66.9 Å². The van der Waals surface area contributed by atoms with E-state index in [4.69, 9.17) is 58.0 Å². The minimum absolute atomic E-state index is 0.206. The zero-order valence-corrected chi connectivity index (χ0v) is 22.4. The summed E-state index contributed by atoms with van der Waals surface area (Å²) in [5, 5.41) is 7.79. The van der Waals surface area contributed by atoms with Gasteiger partial charge in [0.15, 0.2) is 0 Å². The zero-order chi connectivity index (χ0) is 25.8. The van der Waals surface area contributed by atoms with E-state index < -0.39 is 28.0 Å². The van der Waals surface area contributed by atoms with Crippen molar-refractivity contribution in [2.75, 3.05) is 10.6 Å². The van der Waals surface area contributed by atoms with Gasteiger partial charge in [0, 0.05) is 40.3 Å². The normalized spacial score (nSPS) is 18.2. The number of hydrogen-bond donors (Lipinski definition) is 2. The van der Waals surface area contributed by atoms with Crippen molar-refractivity contribution in [2.24, 2.45) is 13.0 Å². The summed E-state index contributed by atoms with van der Waals surface area (Å²) in [4.78, 5) is 26.2. The van der Waals surface area contributed by atoms with Crippen LogP contribution in [0.5, 0.6) is 0 Å². The average molecular weight is 582 g/mol. The van der Waals surface area contributed by atoms with Crippen molar-refractivity contribution in [3.05, 3.63) is 93.1 Å². The van der Waals surface area contributed by atoms with E-state index in [1.165, 1.54) is 6.07 Å². The Balaban J connectivity index is 1.36. The van der Waals surface area contributed by atoms with E-state index in [9.17, 15) is 9.59 Å². The minimum atomic E-state index is -1.32. The number of nitrogens with one attached hydrogen (secondary N) is 2. The van der Waals surface area contributed by atoms with Crippen LogP contribution >= 0.6 is 58.0 Å². The van der Waals surface area contributed by atoms with Crippen LogP contribution in [0.2, 0.25) is 15.1 Å². The predicted molar refractivity (Wildman–Crippen MR) is 148 cm³/mol. The maximum atomic E-state index is 13.1. The second-order valence-corrected chi connectivity index (χ2v) is 11.4. The van der Waals surface area contributed by atoms with Gasteiger partial charge in [-0.2, -0.15) is 0 Å². The maximum Gasteiger partial charge on any atom is 0.257 e. The largest absolute Gasteiger partial charge is 0.349 e. The molecular formula is C26H18Cl5N3O2. The molecule has 2 amide bonds. The lowest BCUT2D eigenvalue weighted by molar-refractivity contribution is -0.117. The van der Waals surface area contributed by atoms with Gasteiger partial charge >= 0.3 is 0 Å². The Bertz CT molecular complexity index is 1510. The number of amides is 2. The molecule has 0 spiro atoms. The highest BCUT2D eigenvalue weighted by molar-refractivity contribution is 6.53. The van der Waals surface area contributed by atoms with Gasteiger partial charge in [0.2, 0.25) is 5.91 Å². The number of benzene rings is 3. The highest BCUT2D eigenvalue weighted by atomic mass is 35.5. The maximum absolute atomic E-state index is 13.1. The van der Waals surface area contributed by atoms with E-state index in [-0.39, 0.29) is 10.6 Å². The molecule has 0 radical (unpaired) electrons. The van der Waals surface area contributed by atoms with E-state index in [1.807, 2.05) is 42.1 Å². The summed E-state index contributed by atoms with van der Waals surface area (Å²) in [6, 6.07) is 17.2. The summed E-state index contributed by atoms with van der Waals surface area (Å²) in [5.41, 5.74) is 2.78. The molecule has 1 aromatic heterocycles. The first-order valence-corrected chi connectivity index (χ1v) is 12.7. The van der Waals surface area contributed by atoms with Gasteiger partial charge < -0.3 is 15.2 Å². The van der Waals surface area contributed by atoms with Crippen LogP contribution in [0.4, 0.5) is 11.4 Å². The topological polar surface area (TPSA) is 63.1 Å². The lowest BCUT2D eigenvalue weighted by Gasteiger charge is -2.12. The fourth-order valence-electron chi connectivity index (χ4n) is 4.47. The third kappa shape index (κ3) is 4.67. The van der Waals surface area contributed by atoms with Gasteiger partial charge in [-0.3, -0.25) is 9.59 Å². The van der Waals surface area contributed by atoms with Gasteiger partial charge in [-0.25, -0.2) is 0 Å². The summed E-state index contributed by atoms with van der Waals surface area (Å²) in [7, 11) is 1.90. The number of para-hydroxylation sites is 1. The second-order valence-electron chi connectivity index (χ2n) is 8.64. The third-order valence-corrected chi connectivity index (χ3v) is 7.91. The fraction of sp³-hybridized carbons (Fsp3) is 0.154. The van der Waals surface area contributed by atoms with Gasteiger partial charge in [-0.05, 0) is 54.1 Å². The standard InChI is InChI=1S/C26H18Cl5N3O2/c1-34-8-7-13-3-2-4-20(23(13)34)33-24(35)18-12-17(5-6-19(18)29)32-25(36)22-21(26(22,30)31)14-9-15(27)11-16(28)10-14/h2-12,21-22H,1H3,(H,32,36)(H,33,35)/t21-,22+/m0/s1. The van der Waals surface area contributed by atoms with Crippen LogP contribution < -0.4 is 10.6 Å². The molecule has 1 fully saturated rings. The minimum Gasteiger partial charge on any atom is -0.349 e. The molecule has 10 heteroatoms. The number of halogens is 5. The second kappa shape index (κ2) is 9.47. The molecule has 2 atom stereocenters. The number of rotatable bonds is 5. The van der Waals surface area contributed by atoms with Gasteiger partial charge in [-0.1, -0.05) is 46.9 Å². The summed E-state index contributed by atoms with van der Waals surface area (Å²) in [6.45, 7) is 0. The molecule has 36 heavy (non-hydrogen) atoms. The number of alkyl halides is 2. The van der Waals surface area contributed by atoms with Crippen molar-refractivity contribution in [1.29, 1.82) is 0 Å². The summed E-state index contributed by atoms with van der Waals surface area (Å²) in [5.74, 6) is -2.04. The molecule has 0 aliphatic heterocycles. The van der Waals surface area contributed by atoms with Crippen molar-refractivity contribution >= 4 is 92.1 Å². The van der Waals surface area contributed by atoms with Crippen LogP contribution in [0.25, 0.3) is 10.9 Å². The van der Waals surface area contributed by atoms with Crippen LogP contribution in [0.3, 0.4) is 0 Å². The van der Waals surface area contributed by atoms with Crippen LogP contribution in [0.1, 0.15) is 21.8 Å². The van der Waals surface area contributed by atoms with Crippen LogP contribution in [-0.2, 0) is 11.8 Å². The Kier molecular flexibility index (Phi) is 6.64. The Morgan fingerprint density at radius 1 is 0.917 bits per heavy atom. The number of fused-ring (bicyclic) bond motifs is 1. The summed E-state index contributed by atoms with van der Waals surface area (Å²) in [6.07, 6.45) is 1.92. The lowest BCUT2D eigenvalue weighted by Crippen LogP contribution is -2.18. The number of aromatic nitrogens is 1. The van der Waals surface area contributed by atoms with E-state index in [2.05, 4.69) is 10.6 Å². The molecule has 4 aromatic rings. The molecule has 2 N–H and O–H groups in total. The number of nitrogens with zero attached hydrogens (tertiary/aromatic N) is 1. The average Bonchev–Trinajstić information content (AvgIpc) is 3.19. The van der Waals surface area contributed by atoms with Crippen molar-refractivity contribution in [3.63, 3.8) is 0 Å². The molecule has 3 aromatic carbocycles. The number of hydrogen-bond acceptors (Lipinski definition) is 2. The number of aryl methyl sites for hydroxylation is 1. The first-order chi connectivity index (χ1) is 17.1. The first kappa shape index (κ1) is 25.2. The summed E-state index contributed by atoms with van der Waals surface area (Å²) >= 11 is 31.4. The molecule has 5 rings (SSSR count). The fourth-order valence-corrected chi connectivity index (χ4v) is 6.04. The molecule has 0 bridgehead atoms. The number of carbonyl (C=O) groups excluding carboxylic acids is 2. The quantitative estimate of drug-likeness (QED) is 0.235. The molecule has 1 aliphatic rings. The molecule has 0 unspecified atom stereocenters. The third-order valence-electron chi connectivity index (χ3n) is 6.20. The van der Waals surface area contributed by atoms with Crippen molar-refractivity contribution in [1.82, 2.24) is 4.57 Å². The van der Waals surface area contributed by atoms with Gasteiger partial charge in [0.1, 0.15) is 4.33 Å². The van der Waals surface area contributed by atoms with Gasteiger partial charge in [0.05, 0.1) is 27.7 Å². The van der Waals surface area contributed by atoms with Crippen LogP contribution in [0, 0.1) is 5.92 Å². The summed E-state index contributed by atoms with van der Waals surface area (Å²) < 4.78 is 0.603. The van der Waals surface area contributed by atoms with E-state index in [0.717, 1.165) is 10.9 Å². The van der Waals surface area contributed by atoms with E-state index in [1.54, 1.807) is 30.3 Å². The Labute approximate surface area is 232 Å². The van der Waals surface area contributed by atoms with Crippen molar-refractivity contribution < 1.29 is 9.59 Å². The van der Waals surface area contributed by atoms with E-state index in [0.29, 0.717) is 27.0 Å². The Hall–Kier alpha value is -2.41. The van der Waals surface area contributed by atoms with Crippen LogP contribution in [-0.4, -0.2) is 20.7 Å². The monoisotopic (exact) mass is 579 g/mol. The van der Waals surface area contributed by atoms with E-state index >= 15 is 0 Å². The molecular weight excluding hydrogens is 564 g/mol. The highest BCUT2D eigenvalue weighted by Crippen LogP contribution is 2.65. The van der Waals surface area contributed by atoms with Gasteiger partial charge in [-0.15, -0.1) is 23.2 Å². The predicted octanol–water partition coefficient (Wildman–Crippen LogP) is 7.92. The molecule has 1 heterocycles. The highest BCUT2D eigenvalue weighted by Gasteiger charge is 2.67. The molecule has 184 valence electrons. The zero-order valence-electron chi connectivity index (χ0n) is 18.7. The molecule has 5 nitrogen and oxygen atoms in total. The van der Waals surface area contributed by atoms with Crippen molar-refractivity contribution in [3.8, 4) is 0 Å². The molecule has 1 saturated carbocycles. The first-order valence-electron chi connectivity index (χ1n) is 10.9. The smallest absolute Gasteiger partial charge is 0.257 e.